The van der Waals surface area contributed by atoms with Crippen LogP contribution in [0.3, 0.4) is 0 Å². The van der Waals surface area contributed by atoms with Gasteiger partial charge in [0.15, 0.2) is 0 Å². The summed E-state index contributed by atoms with van der Waals surface area (Å²) in [6.45, 7) is 9.38. The molecule has 1 aromatic rings. The van der Waals surface area contributed by atoms with Gasteiger partial charge in [0, 0.05) is 25.2 Å². The number of aliphatic hydroxyl groups is 1. The van der Waals surface area contributed by atoms with Gasteiger partial charge in [0.1, 0.15) is 11.5 Å². The van der Waals surface area contributed by atoms with Crippen molar-refractivity contribution in [2.24, 2.45) is 5.73 Å². The van der Waals surface area contributed by atoms with E-state index in [0.29, 0.717) is 6.04 Å². The second-order valence-electron chi connectivity index (χ2n) is 5.37. The Labute approximate surface area is 116 Å². The third kappa shape index (κ3) is 4.34. The van der Waals surface area contributed by atoms with Crippen LogP contribution in [0.4, 0.5) is 0 Å². The summed E-state index contributed by atoms with van der Waals surface area (Å²) in [6, 6.07) is 4.47. The Morgan fingerprint density at radius 2 is 2.05 bits per heavy atom. The molecule has 4 nitrogen and oxygen atoms in total. The summed E-state index contributed by atoms with van der Waals surface area (Å²) in [4.78, 5) is 2.32. The van der Waals surface area contributed by atoms with Gasteiger partial charge in [-0.2, -0.15) is 0 Å². The van der Waals surface area contributed by atoms with Crippen LogP contribution in [0.15, 0.2) is 16.5 Å². The zero-order chi connectivity index (χ0) is 14.4. The molecule has 110 valence electrons. The quantitative estimate of drug-likeness (QED) is 0.760. The lowest BCUT2D eigenvalue weighted by molar-refractivity contribution is 0.102. The molecule has 0 saturated heterocycles. The molecule has 2 atom stereocenters. The predicted molar refractivity (Wildman–Crippen MR) is 78.0 cm³/mol. The number of furan rings is 1. The van der Waals surface area contributed by atoms with Crippen LogP contribution in [0.5, 0.6) is 0 Å². The van der Waals surface area contributed by atoms with Crippen molar-refractivity contribution in [3.63, 3.8) is 0 Å². The normalized spacial score (nSPS) is 15.2. The van der Waals surface area contributed by atoms with Crippen molar-refractivity contribution in [1.82, 2.24) is 4.90 Å². The van der Waals surface area contributed by atoms with Crippen molar-refractivity contribution in [2.75, 3.05) is 13.2 Å². The van der Waals surface area contributed by atoms with E-state index < -0.39 is 0 Å². The fraction of sp³-hybridized carbons (Fsp3) is 0.733. The summed E-state index contributed by atoms with van der Waals surface area (Å²) < 4.78 is 5.80. The van der Waals surface area contributed by atoms with Crippen molar-refractivity contribution in [2.45, 2.75) is 58.7 Å². The zero-order valence-electron chi connectivity index (χ0n) is 12.6. The third-order valence-electron chi connectivity index (χ3n) is 3.52. The second-order valence-corrected chi connectivity index (χ2v) is 5.37. The molecule has 0 aromatic carbocycles. The number of nitrogens with two attached hydrogens (primary N) is 1. The summed E-state index contributed by atoms with van der Waals surface area (Å²) in [5, 5.41) is 9.07. The van der Waals surface area contributed by atoms with Crippen molar-refractivity contribution in [1.29, 1.82) is 0 Å². The van der Waals surface area contributed by atoms with Gasteiger partial charge in [-0.25, -0.2) is 0 Å². The van der Waals surface area contributed by atoms with E-state index in [9.17, 15) is 0 Å². The molecule has 19 heavy (non-hydrogen) atoms. The predicted octanol–water partition coefficient (Wildman–Crippen LogP) is 2.46. The number of rotatable bonds is 8. The SMILES string of the molecule is CCC(N)C(c1ccc(C)o1)N(CCCO)C(C)C. The molecule has 0 aliphatic carbocycles. The molecule has 0 aliphatic rings. The van der Waals surface area contributed by atoms with E-state index in [2.05, 4.69) is 25.7 Å². The van der Waals surface area contributed by atoms with Crippen LogP contribution in [0.2, 0.25) is 0 Å². The molecule has 4 heteroatoms. The van der Waals surface area contributed by atoms with E-state index in [1.54, 1.807) is 0 Å². The number of hydrogen-bond acceptors (Lipinski definition) is 4. The molecule has 0 amide bonds. The van der Waals surface area contributed by atoms with Gasteiger partial charge in [-0.3, -0.25) is 4.90 Å². The second kappa shape index (κ2) is 7.68. The van der Waals surface area contributed by atoms with Crippen molar-refractivity contribution >= 4 is 0 Å². The van der Waals surface area contributed by atoms with Gasteiger partial charge in [-0.05, 0) is 45.7 Å². The molecule has 0 fully saturated rings. The minimum atomic E-state index is 0.0339. The number of nitrogens with zero attached hydrogens (tertiary/aromatic N) is 1. The fourth-order valence-corrected chi connectivity index (χ4v) is 2.43. The molecule has 2 unspecified atom stereocenters. The summed E-state index contributed by atoms with van der Waals surface area (Å²) in [5.74, 6) is 1.84. The zero-order valence-corrected chi connectivity index (χ0v) is 12.6. The van der Waals surface area contributed by atoms with Crippen LogP contribution in [-0.2, 0) is 0 Å². The monoisotopic (exact) mass is 268 g/mol. The van der Waals surface area contributed by atoms with E-state index >= 15 is 0 Å². The molecule has 0 radical (unpaired) electrons. The van der Waals surface area contributed by atoms with Crippen molar-refractivity contribution < 1.29 is 9.52 Å². The Bertz CT molecular complexity index is 363. The maximum Gasteiger partial charge on any atom is 0.122 e. The van der Waals surface area contributed by atoms with E-state index in [4.69, 9.17) is 15.3 Å². The van der Waals surface area contributed by atoms with Crippen LogP contribution in [-0.4, -0.2) is 35.2 Å². The Hall–Kier alpha value is -0.840. The summed E-state index contributed by atoms with van der Waals surface area (Å²) in [5.41, 5.74) is 6.30. The van der Waals surface area contributed by atoms with Crippen LogP contribution < -0.4 is 5.73 Å². The van der Waals surface area contributed by atoms with Crippen LogP contribution in [0.25, 0.3) is 0 Å². The first-order valence-electron chi connectivity index (χ1n) is 7.19. The highest BCUT2D eigenvalue weighted by Gasteiger charge is 2.29. The molecule has 0 aliphatic heterocycles. The Morgan fingerprint density at radius 3 is 2.47 bits per heavy atom. The molecule has 0 spiro atoms. The van der Waals surface area contributed by atoms with Crippen LogP contribution >= 0.6 is 0 Å². The van der Waals surface area contributed by atoms with Gasteiger partial charge in [-0.15, -0.1) is 0 Å². The molecule has 1 heterocycles. The molecule has 0 bridgehead atoms. The Balaban J connectivity index is 2.99. The van der Waals surface area contributed by atoms with Gasteiger partial charge in [0.25, 0.3) is 0 Å². The highest BCUT2D eigenvalue weighted by Crippen LogP contribution is 2.28. The first kappa shape index (κ1) is 16.2. The standard InChI is InChI=1S/C15H28N2O2/c1-5-13(16)15(14-8-7-12(4)19-14)17(11(2)3)9-6-10-18/h7-8,11,13,15,18H,5-6,9-10,16H2,1-4H3. The molecule has 1 rings (SSSR count). The smallest absolute Gasteiger partial charge is 0.122 e. The minimum Gasteiger partial charge on any atom is -0.465 e. The molecular formula is C15H28N2O2. The largest absolute Gasteiger partial charge is 0.465 e. The van der Waals surface area contributed by atoms with Gasteiger partial charge in [0.2, 0.25) is 0 Å². The highest BCUT2D eigenvalue weighted by atomic mass is 16.3. The summed E-state index contributed by atoms with van der Waals surface area (Å²) in [6.07, 6.45) is 1.65. The average Bonchev–Trinajstić information content (AvgIpc) is 2.79. The molecule has 3 N–H and O–H groups in total. The van der Waals surface area contributed by atoms with Gasteiger partial charge >= 0.3 is 0 Å². The maximum absolute atomic E-state index is 9.07. The van der Waals surface area contributed by atoms with Gasteiger partial charge in [0.05, 0.1) is 6.04 Å². The number of aliphatic hydroxyl groups excluding tert-OH is 1. The van der Waals surface area contributed by atoms with Crippen LogP contribution in [0, 0.1) is 6.92 Å². The number of hydrogen-bond donors (Lipinski definition) is 2. The first-order chi connectivity index (χ1) is 9.01. The lowest BCUT2D eigenvalue weighted by Gasteiger charge is -2.36. The lowest BCUT2D eigenvalue weighted by atomic mass is 10.0. The molecule has 1 aromatic heterocycles. The van der Waals surface area contributed by atoms with Gasteiger partial charge < -0.3 is 15.3 Å². The highest BCUT2D eigenvalue weighted by molar-refractivity contribution is 5.12. The lowest BCUT2D eigenvalue weighted by Crippen LogP contribution is -2.44. The van der Waals surface area contributed by atoms with E-state index in [1.165, 1.54) is 0 Å². The summed E-state index contributed by atoms with van der Waals surface area (Å²) >= 11 is 0. The summed E-state index contributed by atoms with van der Waals surface area (Å²) in [7, 11) is 0. The minimum absolute atomic E-state index is 0.0339. The fourth-order valence-electron chi connectivity index (χ4n) is 2.43. The van der Waals surface area contributed by atoms with Crippen molar-refractivity contribution in [3.8, 4) is 0 Å². The molecular weight excluding hydrogens is 240 g/mol. The van der Waals surface area contributed by atoms with E-state index in [0.717, 1.165) is 30.9 Å². The van der Waals surface area contributed by atoms with Gasteiger partial charge in [-0.1, -0.05) is 6.92 Å². The average molecular weight is 268 g/mol. The third-order valence-corrected chi connectivity index (χ3v) is 3.52. The van der Waals surface area contributed by atoms with Crippen LogP contribution in [0.1, 0.15) is 51.2 Å². The van der Waals surface area contributed by atoms with Crippen molar-refractivity contribution in [3.05, 3.63) is 23.7 Å². The van der Waals surface area contributed by atoms with E-state index in [1.807, 2.05) is 19.1 Å². The number of aryl methyl sites for hydroxylation is 1. The Morgan fingerprint density at radius 1 is 1.37 bits per heavy atom. The maximum atomic E-state index is 9.07. The first-order valence-corrected chi connectivity index (χ1v) is 7.19. The topological polar surface area (TPSA) is 62.6 Å². The molecule has 0 saturated carbocycles. The Kier molecular flexibility index (Phi) is 6.55. The van der Waals surface area contributed by atoms with E-state index in [-0.39, 0.29) is 18.7 Å².